The molecule has 0 aromatic rings. The molecule has 0 saturated carbocycles. The molecule has 10 nitrogen and oxygen atoms in total. The number of unbranched alkanes of at least 4 members (excludes halogenated alkanes) is 5. The molecule has 0 heterocycles. The average Bonchev–Trinajstić information content (AvgIpc) is 2.91. The lowest BCUT2D eigenvalue weighted by Crippen LogP contribution is -2.15. The van der Waals surface area contributed by atoms with Crippen LogP contribution >= 0.6 is 0 Å². The molecule has 10 heteroatoms. The molecule has 0 amide bonds. The normalized spacial score (nSPS) is 11.2. The first kappa shape index (κ1) is 35.9. The molecule has 37 heavy (non-hydrogen) atoms. The Balaban J connectivity index is 3.03. The summed E-state index contributed by atoms with van der Waals surface area (Å²) in [5.41, 5.74) is 0. The third-order valence-electron chi connectivity index (χ3n) is 4.88. The molecule has 0 N–H and O–H groups in total. The second kappa shape index (κ2) is 32.9. The van der Waals surface area contributed by atoms with E-state index in [1.165, 1.54) is 32.1 Å². The first-order valence-electron chi connectivity index (χ1n) is 13.7. The van der Waals surface area contributed by atoms with E-state index in [1.807, 2.05) is 0 Å². The highest BCUT2D eigenvalue weighted by molar-refractivity contribution is 5.81. The van der Waals surface area contributed by atoms with Gasteiger partial charge in [0, 0.05) is 12.7 Å². The molecule has 0 fully saturated rings. The van der Waals surface area contributed by atoms with Crippen molar-refractivity contribution in [2.24, 2.45) is 0 Å². The summed E-state index contributed by atoms with van der Waals surface area (Å²) < 4.78 is 48.3. The lowest BCUT2D eigenvalue weighted by atomic mass is 10.1. The van der Waals surface area contributed by atoms with Gasteiger partial charge in [-0.1, -0.05) is 45.6 Å². The quantitative estimate of drug-likeness (QED) is 0.0724. The lowest BCUT2D eigenvalue weighted by molar-refractivity contribution is -0.139. The topological polar surface area (TPSA) is 100 Å². The first-order valence-corrected chi connectivity index (χ1v) is 13.7. The fourth-order valence-electron chi connectivity index (χ4n) is 2.89. The second-order valence-electron chi connectivity index (χ2n) is 8.04. The molecule has 0 unspecified atom stereocenters. The van der Waals surface area contributed by atoms with Crippen LogP contribution in [0.2, 0.25) is 0 Å². The third kappa shape index (κ3) is 32.9. The lowest BCUT2D eigenvalue weighted by Gasteiger charge is -2.09. The summed E-state index contributed by atoms with van der Waals surface area (Å²) in [6, 6.07) is 0. The summed E-state index contributed by atoms with van der Waals surface area (Å²) in [7, 11) is 0. The van der Waals surface area contributed by atoms with Crippen LogP contribution in [0.1, 0.15) is 45.4 Å². The molecular formula is C27H52O10. The molecule has 0 rings (SSSR count). The Morgan fingerprint density at radius 2 is 0.757 bits per heavy atom. The average molecular weight is 537 g/mol. The van der Waals surface area contributed by atoms with Gasteiger partial charge in [-0.25, -0.2) is 4.79 Å². The fourth-order valence-corrected chi connectivity index (χ4v) is 2.89. The molecule has 0 spiro atoms. The number of hydrogen-bond acceptors (Lipinski definition) is 10. The highest BCUT2D eigenvalue weighted by atomic mass is 16.6. The first-order chi connectivity index (χ1) is 18.3. The van der Waals surface area contributed by atoms with E-state index in [0.29, 0.717) is 99.1 Å². The van der Waals surface area contributed by atoms with E-state index >= 15 is 0 Å². The maximum absolute atomic E-state index is 10.8. The largest absolute Gasteiger partial charge is 0.460 e. The Bertz CT molecular complexity index is 464. The van der Waals surface area contributed by atoms with E-state index in [9.17, 15) is 4.79 Å². The van der Waals surface area contributed by atoms with Crippen molar-refractivity contribution in [1.29, 1.82) is 0 Å². The predicted molar refractivity (Wildman–Crippen MR) is 141 cm³/mol. The van der Waals surface area contributed by atoms with E-state index in [-0.39, 0.29) is 6.61 Å². The van der Waals surface area contributed by atoms with Gasteiger partial charge in [0.2, 0.25) is 0 Å². The van der Waals surface area contributed by atoms with Crippen LogP contribution < -0.4 is 0 Å². The van der Waals surface area contributed by atoms with Gasteiger partial charge in [-0.2, -0.15) is 0 Å². The van der Waals surface area contributed by atoms with Gasteiger partial charge in [-0.15, -0.1) is 0 Å². The smallest absolute Gasteiger partial charge is 0.330 e. The van der Waals surface area contributed by atoms with Gasteiger partial charge in [0.05, 0.1) is 99.1 Å². The number of rotatable bonds is 32. The van der Waals surface area contributed by atoms with Crippen LogP contribution in [0.25, 0.3) is 0 Å². The van der Waals surface area contributed by atoms with Crippen LogP contribution in [0, 0.1) is 0 Å². The Kier molecular flexibility index (Phi) is 31.9. The predicted octanol–water partition coefficient (Wildman–Crippen LogP) is 3.21. The van der Waals surface area contributed by atoms with Crippen molar-refractivity contribution >= 4 is 5.97 Å². The zero-order valence-electron chi connectivity index (χ0n) is 23.1. The summed E-state index contributed by atoms with van der Waals surface area (Å²) in [5, 5.41) is 0. The number of esters is 1. The molecule has 0 aromatic heterocycles. The minimum Gasteiger partial charge on any atom is -0.460 e. The van der Waals surface area contributed by atoms with Crippen molar-refractivity contribution in [3.05, 3.63) is 12.7 Å². The maximum Gasteiger partial charge on any atom is 0.330 e. The van der Waals surface area contributed by atoms with Crippen LogP contribution in [-0.2, 0) is 47.4 Å². The molecule has 220 valence electrons. The number of carbonyl (C=O) groups is 1. The Hall–Kier alpha value is -1.11. The van der Waals surface area contributed by atoms with Crippen molar-refractivity contribution in [2.75, 3.05) is 112 Å². The van der Waals surface area contributed by atoms with Crippen molar-refractivity contribution in [2.45, 2.75) is 45.4 Å². The zero-order valence-corrected chi connectivity index (χ0v) is 23.1. The van der Waals surface area contributed by atoms with Gasteiger partial charge < -0.3 is 42.6 Å². The van der Waals surface area contributed by atoms with Crippen molar-refractivity contribution < 1.29 is 47.4 Å². The summed E-state index contributed by atoms with van der Waals surface area (Å²) in [6.45, 7) is 14.3. The standard InChI is InChI=1S/C27H52O10/c1-3-5-6-7-8-9-10-29-11-12-30-13-14-31-15-16-32-17-18-33-19-20-34-21-22-35-23-24-36-25-26-37-27(28)4-2/h4H,2-3,5-26H2,1H3. The van der Waals surface area contributed by atoms with Crippen LogP contribution in [0.5, 0.6) is 0 Å². The maximum atomic E-state index is 10.8. The minimum absolute atomic E-state index is 0.207. The molecule has 0 bridgehead atoms. The van der Waals surface area contributed by atoms with E-state index in [1.54, 1.807) is 0 Å². The summed E-state index contributed by atoms with van der Waals surface area (Å²) in [4.78, 5) is 10.8. The van der Waals surface area contributed by atoms with Crippen LogP contribution in [0.3, 0.4) is 0 Å². The summed E-state index contributed by atoms with van der Waals surface area (Å²) >= 11 is 0. The number of hydrogen-bond donors (Lipinski definition) is 0. The molecular weight excluding hydrogens is 484 g/mol. The third-order valence-corrected chi connectivity index (χ3v) is 4.88. The van der Waals surface area contributed by atoms with E-state index < -0.39 is 5.97 Å². The second-order valence-corrected chi connectivity index (χ2v) is 8.04. The fraction of sp³-hybridized carbons (Fsp3) is 0.889. The summed E-state index contributed by atoms with van der Waals surface area (Å²) in [6.07, 6.45) is 8.79. The van der Waals surface area contributed by atoms with Gasteiger partial charge in [-0.3, -0.25) is 0 Å². The number of carbonyl (C=O) groups excluding carboxylic acids is 1. The van der Waals surface area contributed by atoms with E-state index in [2.05, 4.69) is 13.5 Å². The minimum atomic E-state index is -0.453. The Labute approximate surface area is 224 Å². The highest BCUT2D eigenvalue weighted by Crippen LogP contribution is 2.04. The van der Waals surface area contributed by atoms with Crippen molar-refractivity contribution in [3.63, 3.8) is 0 Å². The van der Waals surface area contributed by atoms with Crippen molar-refractivity contribution in [3.8, 4) is 0 Å². The van der Waals surface area contributed by atoms with Gasteiger partial charge >= 0.3 is 5.97 Å². The monoisotopic (exact) mass is 536 g/mol. The highest BCUT2D eigenvalue weighted by Gasteiger charge is 1.97. The van der Waals surface area contributed by atoms with Gasteiger partial charge in [0.15, 0.2) is 0 Å². The summed E-state index contributed by atoms with van der Waals surface area (Å²) in [5.74, 6) is -0.453. The number of ether oxygens (including phenoxy) is 9. The zero-order chi connectivity index (χ0) is 26.9. The Morgan fingerprint density at radius 3 is 1.11 bits per heavy atom. The molecule has 0 atom stereocenters. The van der Waals surface area contributed by atoms with Crippen molar-refractivity contribution in [1.82, 2.24) is 0 Å². The SMILES string of the molecule is C=CC(=O)OCCOCCOCCOCCOCCOCCOCCOCCOCCCCCCCC. The van der Waals surface area contributed by atoms with Gasteiger partial charge in [0.25, 0.3) is 0 Å². The molecule has 0 aliphatic heterocycles. The molecule has 0 aromatic carbocycles. The van der Waals surface area contributed by atoms with Gasteiger partial charge in [0.1, 0.15) is 6.61 Å². The molecule has 0 aliphatic carbocycles. The molecule has 0 radical (unpaired) electrons. The Morgan fingerprint density at radius 1 is 0.459 bits per heavy atom. The molecule has 0 saturated heterocycles. The van der Waals surface area contributed by atoms with Crippen LogP contribution in [0.15, 0.2) is 12.7 Å². The van der Waals surface area contributed by atoms with E-state index in [4.69, 9.17) is 42.6 Å². The van der Waals surface area contributed by atoms with Gasteiger partial charge in [-0.05, 0) is 6.42 Å². The van der Waals surface area contributed by atoms with Crippen LogP contribution in [-0.4, -0.2) is 118 Å². The van der Waals surface area contributed by atoms with Crippen LogP contribution in [0.4, 0.5) is 0 Å². The van der Waals surface area contributed by atoms with E-state index in [0.717, 1.165) is 19.1 Å². The molecule has 0 aliphatic rings.